The van der Waals surface area contributed by atoms with E-state index in [-0.39, 0.29) is 40.1 Å². The van der Waals surface area contributed by atoms with Gasteiger partial charge < -0.3 is 20.0 Å². The van der Waals surface area contributed by atoms with Gasteiger partial charge in [0.15, 0.2) is 0 Å². The van der Waals surface area contributed by atoms with E-state index in [2.05, 4.69) is 6.92 Å². The Morgan fingerprint density at radius 2 is 2.00 bits per heavy atom. The third kappa shape index (κ3) is 15.7. The summed E-state index contributed by atoms with van der Waals surface area (Å²) in [5.74, 6) is 0. The molecular weight excluding hydrogens is 174 g/mol. The molecule has 3 heteroatoms. The topological polar surface area (TPSA) is 26.0 Å². The fourth-order valence-corrected chi connectivity index (χ4v) is 0.262. The third-order valence-electron chi connectivity index (χ3n) is 0.621. The van der Waals surface area contributed by atoms with E-state index < -0.39 is 0 Å². The Morgan fingerprint density at radius 3 is 2.12 bits per heavy atom. The monoisotopic (exact) mass is 187 g/mol. The van der Waals surface area contributed by atoms with Crippen molar-refractivity contribution in [1.29, 1.82) is 0 Å². The van der Waals surface area contributed by atoms with Gasteiger partial charge in [-0.05, 0) is 0 Å². The molecule has 0 spiro atoms. The maximum Gasteiger partial charge on any atom is 0.202 e. The molecule has 0 bridgehead atoms. The minimum atomic E-state index is 0. The zero-order valence-corrected chi connectivity index (χ0v) is 8.40. The van der Waals surface area contributed by atoms with Gasteiger partial charge in [-0.1, -0.05) is 12.7 Å². The Morgan fingerprint density at radius 1 is 1.50 bits per heavy atom. The van der Waals surface area contributed by atoms with Crippen LogP contribution in [0.3, 0.4) is 0 Å². The minimum Gasteiger partial charge on any atom is -0.374 e. The molecule has 0 aromatic carbocycles. The molecule has 1 nitrogen and oxygen atoms in total. The van der Waals surface area contributed by atoms with Crippen LogP contribution in [0.1, 0.15) is 12.8 Å². The fraction of sp³-hybridized carbons (Fsp3) is 0.600. The van der Waals surface area contributed by atoms with Crippen molar-refractivity contribution in [2.45, 2.75) is 19.2 Å². The average molecular weight is 187 g/mol. The first-order valence-electron chi connectivity index (χ1n) is 2.24. The standard InChI is InChI=1S/C4H10BN.CH3.Y/c1-2-3-4-5-6;;/h1-4,6H2;1H3;/q2*-1;. The molecule has 0 aromatic heterocycles. The Balaban J connectivity index is -0.000000125. The van der Waals surface area contributed by atoms with Gasteiger partial charge in [0.05, 0.1) is 0 Å². The first-order valence-corrected chi connectivity index (χ1v) is 2.24. The van der Waals surface area contributed by atoms with E-state index in [0.717, 1.165) is 19.2 Å². The first-order chi connectivity index (χ1) is 2.91. The molecule has 2 N–H and O–H groups in total. The molecule has 0 fully saturated rings. The third-order valence-corrected chi connectivity index (χ3v) is 0.621. The van der Waals surface area contributed by atoms with Crippen molar-refractivity contribution in [2.24, 2.45) is 5.64 Å². The van der Waals surface area contributed by atoms with Gasteiger partial charge in [0.2, 0.25) is 7.41 Å². The van der Waals surface area contributed by atoms with Gasteiger partial charge in [-0.2, -0.15) is 6.42 Å². The van der Waals surface area contributed by atoms with E-state index in [1.807, 2.05) is 0 Å². The number of hydrogen-bond donors (Lipinski definition) is 1. The Hall–Kier alpha value is 1.13. The normalized spacial score (nSPS) is 6.25. The molecule has 0 atom stereocenters. The maximum atomic E-state index is 5.06. The van der Waals surface area contributed by atoms with E-state index in [9.17, 15) is 0 Å². The number of rotatable bonds is 3. The van der Waals surface area contributed by atoms with Gasteiger partial charge in [-0.25, -0.2) is 0 Å². The average Bonchev–Trinajstić information content (AvgIpc) is 1.61. The van der Waals surface area contributed by atoms with Crippen LogP contribution in [-0.2, 0) is 32.7 Å². The van der Waals surface area contributed by atoms with E-state index in [1.54, 1.807) is 7.41 Å². The number of nitrogens with two attached hydrogens (primary N) is 1. The van der Waals surface area contributed by atoms with Crippen LogP contribution < -0.4 is 5.64 Å². The molecule has 0 saturated heterocycles. The molecule has 0 aromatic rings. The first kappa shape index (κ1) is 16.1. The molecular formula is C5H13BNY-2. The van der Waals surface area contributed by atoms with E-state index in [4.69, 9.17) is 5.64 Å². The van der Waals surface area contributed by atoms with Crippen molar-refractivity contribution in [3.8, 4) is 0 Å². The van der Waals surface area contributed by atoms with Crippen LogP contribution in [-0.4, -0.2) is 7.41 Å². The summed E-state index contributed by atoms with van der Waals surface area (Å²) >= 11 is 0. The molecule has 0 aliphatic carbocycles. The molecule has 0 saturated carbocycles. The summed E-state index contributed by atoms with van der Waals surface area (Å²) in [4.78, 5) is 0. The summed E-state index contributed by atoms with van der Waals surface area (Å²) < 4.78 is 0. The quantitative estimate of drug-likeness (QED) is 0.398. The van der Waals surface area contributed by atoms with Crippen LogP contribution in [0.4, 0.5) is 0 Å². The molecule has 0 unspecified atom stereocenters. The molecule has 0 heterocycles. The minimum absolute atomic E-state index is 0. The predicted molar refractivity (Wildman–Crippen MR) is 35.8 cm³/mol. The summed E-state index contributed by atoms with van der Waals surface area (Å²) in [5, 5.41) is 0. The van der Waals surface area contributed by atoms with Crippen LogP contribution >= 0.6 is 0 Å². The smallest absolute Gasteiger partial charge is 0.202 e. The second-order valence-electron chi connectivity index (χ2n) is 1.23. The Kier molecular flexibility index (Phi) is 31.5. The zero-order valence-electron chi connectivity index (χ0n) is 5.56. The summed E-state index contributed by atoms with van der Waals surface area (Å²) in [6.45, 7) is 3.65. The van der Waals surface area contributed by atoms with Crippen molar-refractivity contribution in [2.75, 3.05) is 0 Å². The van der Waals surface area contributed by atoms with Crippen LogP contribution in [0, 0.1) is 14.4 Å². The molecule has 0 amide bonds. The Labute approximate surface area is 78.9 Å². The van der Waals surface area contributed by atoms with E-state index in [0.29, 0.717) is 0 Å². The molecule has 46 valence electrons. The van der Waals surface area contributed by atoms with Crippen LogP contribution in [0.25, 0.3) is 0 Å². The largest absolute Gasteiger partial charge is 0.374 e. The second-order valence-corrected chi connectivity index (χ2v) is 1.23. The van der Waals surface area contributed by atoms with Gasteiger partial charge >= 0.3 is 0 Å². The number of hydrogen-bond acceptors (Lipinski definition) is 1. The maximum absolute atomic E-state index is 5.06. The molecule has 0 rings (SSSR count). The predicted octanol–water partition coefficient (Wildman–Crippen LogP) is 1.04. The van der Waals surface area contributed by atoms with Gasteiger partial charge in [-0.15, -0.1) is 0 Å². The van der Waals surface area contributed by atoms with E-state index in [1.165, 1.54) is 0 Å². The van der Waals surface area contributed by atoms with Gasteiger partial charge in [-0.3, -0.25) is 0 Å². The number of unbranched alkanes of at least 4 members (excludes halogenated alkanes) is 1. The molecule has 2 radical (unpaired) electrons. The van der Waals surface area contributed by atoms with Gasteiger partial charge in [0, 0.05) is 32.7 Å². The summed E-state index contributed by atoms with van der Waals surface area (Å²) in [7, 11) is 1.67. The molecule has 0 aliphatic rings. The summed E-state index contributed by atoms with van der Waals surface area (Å²) in [5.41, 5.74) is 5.06. The second kappa shape index (κ2) is 15.7. The SMILES string of the molecule is [CH2-]CCC[B]N.[CH3-].[Y]. The van der Waals surface area contributed by atoms with Crippen LogP contribution in [0.2, 0.25) is 6.32 Å². The van der Waals surface area contributed by atoms with Crippen molar-refractivity contribution in [3.05, 3.63) is 14.4 Å². The molecule has 0 aliphatic heterocycles. The summed E-state index contributed by atoms with van der Waals surface area (Å²) in [6.07, 6.45) is 3.12. The van der Waals surface area contributed by atoms with Gasteiger partial charge in [0.1, 0.15) is 0 Å². The van der Waals surface area contributed by atoms with Crippen LogP contribution in [0.15, 0.2) is 0 Å². The van der Waals surface area contributed by atoms with Crippen molar-refractivity contribution < 1.29 is 32.7 Å². The van der Waals surface area contributed by atoms with Crippen molar-refractivity contribution in [3.63, 3.8) is 0 Å². The van der Waals surface area contributed by atoms with Crippen molar-refractivity contribution >= 4 is 7.41 Å². The Bertz CT molecular complexity index is 24.4. The van der Waals surface area contributed by atoms with Crippen molar-refractivity contribution in [1.82, 2.24) is 0 Å². The van der Waals surface area contributed by atoms with Gasteiger partial charge in [0.25, 0.3) is 0 Å². The fourth-order valence-electron chi connectivity index (χ4n) is 0.262. The van der Waals surface area contributed by atoms with E-state index >= 15 is 0 Å². The zero-order chi connectivity index (χ0) is 4.83. The van der Waals surface area contributed by atoms with Crippen LogP contribution in [0.5, 0.6) is 0 Å². The molecule has 8 heavy (non-hydrogen) atoms. The summed E-state index contributed by atoms with van der Waals surface area (Å²) in [6, 6.07) is 0.